The molecular formula is C11H16N4O2. The number of carbonyl (C=O) groups is 1. The fourth-order valence-corrected chi connectivity index (χ4v) is 1.94. The first kappa shape index (κ1) is 11.6. The first-order valence-electron chi connectivity index (χ1n) is 5.78. The van der Waals surface area contributed by atoms with Crippen LogP contribution in [-0.4, -0.2) is 33.6 Å². The van der Waals surface area contributed by atoms with E-state index in [1.54, 1.807) is 12.4 Å². The number of hydrogen-bond donors (Lipinski definition) is 3. The number of carboxylic acid groups (broad SMARTS) is 1. The van der Waals surface area contributed by atoms with E-state index in [-0.39, 0.29) is 6.54 Å². The predicted molar refractivity (Wildman–Crippen MR) is 64.0 cm³/mol. The minimum Gasteiger partial charge on any atom is -0.480 e. The van der Waals surface area contributed by atoms with E-state index in [0.717, 1.165) is 5.82 Å². The van der Waals surface area contributed by atoms with Crippen LogP contribution in [0.5, 0.6) is 0 Å². The molecule has 3 N–H and O–H groups in total. The van der Waals surface area contributed by atoms with Crippen molar-refractivity contribution < 1.29 is 9.90 Å². The Morgan fingerprint density at radius 2 is 1.94 bits per heavy atom. The summed E-state index contributed by atoms with van der Waals surface area (Å²) in [6.45, 7) is -0.149. The number of nitrogens with zero attached hydrogens (tertiary/aromatic N) is 2. The summed E-state index contributed by atoms with van der Waals surface area (Å²) < 4.78 is 0. The SMILES string of the molecule is O=C(O)CNc1cnc(NC2CCCC2)cn1. The standard InChI is InChI=1S/C11H16N4O2/c16-11(17)7-14-9-5-13-10(6-12-9)15-8-3-1-2-4-8/h5-6,8H,1-4,7H2,(H,12,14)(H,13,15)(H,16,17). The van der Waals surface area contributed by atoms with Gasteiger partial charge in [0.2, 0.25) is 0 Å². The molecule has 0 spiro atoms. The van der Waals surface area contributed by atoms with Crippen LogP contribution < -0.4 is 10.6 Å². The van der Waals surface area contributed by atoms with Gasteiger partial charge in [-0.05, 0) is 12.8 Å². The summed E-state index contributed by atoms with van der Waals surface area (Å²) in [5.41, 5.74) is 0. The van der Waals surface area contributed by atoms with Crippen molar-refractivity contribution in [2.75, 3.05) is 17.2 Å². The molecule has 1 saturated carbocycles. The molecule has 0 aliphatic heterocycles. The van der Waals surface area contributed by atoms with Crippen LogP contribution in [0.15, 0.2) is 12.4 Å². The molecule has 92 valence electrons. The maximum absolute atomic E-state index is 10.3. The highest BCUT2D eigenvalue weighted by Gasteiger charge is 2.14. The number of hydrogen-bond acceptors (Lipinski definition) is 5. The fourth-order valence-electron chi connectivity index (χ4n) is 1.94. The van der Waals surface area contributed by atoms with Crippen LogP contribution in [0, 0.1) is 0 Å². The lowest BCUT2D eigenvalue weighted by atomic mass is 10.2. The zero-order chi connectivity index (χ0) is 12.1. The lowest BCUT2D eigenvalue weighted by molar-refractivity contribution is -0.134. The molecule has 2 rings (SSSR count). The van der Waals surface area contributed by atoms with E-state index in [1.165, 1.54) is 25.7 Å². The Labute approximate surface area is 99.5 Å². The third-order valence-electron chi connectivity index (χ3n) is 2.78. The Bertz CT molecular complexity index is 374. The summed E-state index contributed by atoms with van der Waals surface area (Å²) in [5.74, 6) is 0.308. The lowest BCUT2D eigenvalue weighted by Crippen LogP contribution is -2.16. The average Bonchev–Trinajstić information content (AvgIpc) is 2.81. The Hall–Kier alpha value is -1.85. The van der Waals surface area contributed by atoms with Gasteiger partial charge >= 0.3 is 5.97 Å². The first-order chi connectivity index (χ1) is 8.24. The van der Waals surface area contributed by atoms with Crippen LogP contribution in [0.2, 0.25) is 0 Å². The van der Waals surface area contributed by atoms with E-state index in [2.05, 4.69) is 20.6 Å². The van der Waals surface area contributed by atoms with E-state index in [1.807, 2.05) is 0 Å². The number of anilines is 2. The topological polar surface area (TPSA) is 87.1 Å². The van der Waals surface area contributed by atoms with Gasteiger partial charge in [-0.1, -0.05) is 12.8 Å². The highest BCUT2D eigenvalue weighted by atomic mass is 16.4. The number of rotatable bonds is 5. The second kappa shape index (κ2) is 5.47. The fraction of sp³-hybridized carbons (Fsp3) is 0.545. The Morgan fingerprint density at radius 1 is 1.29 bits per heavy atom. The van der Waals surface area contributed by atoms with Crippen LogP contribution in [0.3, 0.4) is 0 Å². The van der Waals surface area contributed by atoms with Crippen molar-refractivity contribution in [3.8, 4) is 0 Å². The summed E-state index contributed by atoms with van der Waals surface area (Å²) >= 11 is 0. The number of carboxylic acids is 1. The van der Waals surface area contributed by atoms with Gasteiger partial charge in [0.1, 0.15) is 18.2 Å². The summed E-state index contributed by atoms with van der Waals surface area (Å²) in [5, 5.41) is 14.5. The number of nitrogens with one attached hydrogen (secondary N) is 2. The molecule has 6 nitrogen and oxygen atoms in total. The van der Waals surface area contributed by atoms with E-state index in [9.17, 15) is 4.79 Å². The van der Waals surface area contributed by atoms with Crippen molar-refractivity contribution in [1.82, 2.24) is 9.97 Å². The van der Waals surface area contributed by atoms with Gasteiger partial charge in [-0.3, -0.25) is 4.79 Å². The second-order valence-corrected chi connectivity index (χ2v) is 4.16. The Kier molecular flexibility index (Phi) is 3.74. The van der Waals surface area contributed by atoms with Gasteiger partial charge in [-0.25, -0.2) is 9.97 Å². The van der Waals surface area contributed by atoms with Crippen LogP contribution in [-0.2, 0) is 4.79 Å². The monoisotopic (exact) mass is 236 g/mol. The van der Waals surface area contributed by atoms with Crippen molar-refractivity contribution in [2.45, 2.75) is 31.7 Å². The van der Waals surface area contributed by atoms with Gasteiger partial charge in [0.15, 0.2) is 0 Å². The lowest BCUT2D eigenvalue weighted by Gasteiger charge is -2.12. The third kappa shape index (κ3) is 3.58. The molecule has 6 heteroatoms. The zero-order valence-corrected chi connectivity index (χ0v) is 9.52. The van der Waals surface area contributed by atoms with Crippen LogP contribution in [0.25, 0.3) is 0 Å². The van der Waals surface area contributed by atoms with E-state index >= 15 is 0 Å². The van der Waals surface area contributed by atoms with E-state index < -0.39 is 5.97 Å². The summed E-state index contributed by atoms with van der Waals surface area (Å²) in [6.07, 6.45) is 8.07. The van der Waals surface area contributed by atoms with E-state index in [0.29, 0.717) is 11.9 Å². The molecule has 0 saturated heterocycles. The molecule has 1 heterocycles. The van der Waals surface area contributed by atoms with Gasteiger partial charge < -0.3 is 15.7 Å². The molecule has 1 aromatic rings. The summed E-state index contributed by atoms with van der Waals surface area (Å²) in [7, 11) is 0. The van der Waals surface area contributed by atoms with Crippen LogP contribution >= 0.6 is 0 Å². The molecular weight excluding hydrogens is 220 g/mol. The molecule has 0 bridgehead atoms. The highest BCUT2D eigenvalue weighted by molar-refractivity contribution is 5.72. The minimum absolute atomic E-state index is 0.149. The van der Waals surface area contributed by atoms with Crippen molar-refractivity contribution >= 4 is 17.6 Å². The Balaban J connectivity index is 1.86. The molecule has 0 amide bonds. The summed E-state index contributed by atoms with van der Waals surface area (Å²) in [4.78, 5) is 18.6. The summed E-state index contributed by atoms with van der Waals surface area (Å²) in [6, 6.07) is 0.502. The number of aliphatic carboxylic acids is 1. The maximum atomic E-state index is 10.3. The maximum Gasteiger partial charge on any atom is 0.322 e. The van der Waals surface area contributed by atoms with Crippen molar-refractivity contribution in [1.29, 1.82) is 0 Å². The van der Waals surface area contributed by atoms with Crippen LogP contribution in [0.4, 0.5) is 11.6 Å². The molecule has 0 unspecified atom stereocenters. The molecule has 17 heavy (non-hydrogen) atoms. The van der Waals surface area contributed by atoms with Gasteiger partial charge in [-0.15, -0.1) is 0 Å². The van der Waals surface area contributed by atoms with Crippen molar-refractivity contribution in [3.63, 3.8) is 0 Å². The van der Waals surface area contributed by atoms with Crippen molar-refractivity contribution in [2.24, 2.45) is 0 Å². The molecule has 1 aliphatic carbocycles. The van der Waals surface area contributed by atoms with Gasteiger partial charge in [0.25, 0.3) is 0 Å². The highest BCUT2D eigenvalue weighted by Crippen LogP contribution is 2.21. The second-order valence-electron chi connectivity index (χ2n) is 4.16. The minimum atomic E-state index is -0.917. The predicted octanol–water partition coefficient (Wildman–Crippen LogP) is 1.33. The molecule has 1 fully saturated rings. The van der Waals surface area contributed by atoms with Gasteiger partial charge in [-0.2, -0.15) is 0 Å². The molecule has 0 radical (unpaired) electrons. The first-order valence-corrected chi connectivity index (χ1v) is 5.78. The third-order valence-corrected chi connectivity index (χ3v) is 2.78. The normalized spacial score (nSPS) is 15.8. The zero-order valence-electron chi connectivity index (χ0n) is 9.52. The average molecular weight is 236 g/mol. The van der Waals surface area contributed by atoms with Gasteiger partial charge in [0.05, 0.1) is 12.4 Å². The molecule has 0 atom stereocenters. The molecule has 1 aromatic heterocycles. The van der Waals surface area contributed by atoms with Gasteiger partial charge in [0, 0.05) is 6.04 Å². The van der Waals surface area contributed by atoms with Crippen LogP contribution in [0.1, 0.15) is 25.7 Å². The quantitative estimate of drug-likeness (QED) is 0.715. The Morgan fingerprint density at radius 3 is 2.53 bits per heavy atom. The van der Waals surface area contributed by atoms with Crippen molar-refractivity contribution in [3.05, 3.63) is 12.4 Å². The number of aromatic nitrogens is 2. The smallest absolute Gasteiger partial charge is 0.322 e. The van der Waals surface area contributed by atoms with E-state index in [4.69, 9.17) is 5.11 Å². The molecule has 0 aromatic carbocycles. The molecule has 1 aliphatic rings. The largest absolute Gasteiger partial charge is 0.480 e.